The summed E-state index contributed by atoms with van der Waals surface area (Å²) in [5, 5.41) is 35.3. The molecule has 1 saturated heterocycles. The van der Waals surface area contributed by atoms with E-state index >= 15 is 0 Å². The van der Waals surface area contributed by atoms with E-state index in [9.17, 15) is 34.1 Å². The van der Waals surface area contributed by atoms with Crippen LogP contribution in [0.5, 0.6) is 0 Å². The highest BCUT2D eigenvalue weighted by molar-refractivity contribution is 7.47. The minimum Gasteiger partial charge on any atom is -0.387 e. The summed E-state index contributed by atoms with van der Waals surface area (Å²) in [6.07, 6.45) is 15.1. The number of halogens is 1. The fourth-order valence-corrected chi connectivity index (χ4v) is 8.20. The van der Waals surface area contributed by atoms with Crippen LogP contribution in [0.15, 0.2) is 36.7 Å². The number of phosphoric acid groups is 1. The number of carbonyl (C=O) groups is 1. The Morgan fingerprint density at radius 2 is 1.63 bits per heavy atom. The second kappa shape index (κ2) is 24.1. The SMILES string of the molecule is CCCCCCCCCCCCCCCCCCN(C)C(=O)[C@H](COP(=O)(O)OC[C@H]1O[C@@](C)(c2ccc3c(N)ncnn23)[C@H](O)[C@@H]1O)OCc1cc(F)cc(C#N)c1. The van der Waals surface area contributed by atoms with E-state index in [-0.39, 0.29) is 23.6 Å². The zero-order valence-corrected chi connectivity index (χ0v) is 35.7. The molecule has 3 heterocycles. The number of aromatic nitrogens is 3. The number of hydrogen-bond donors (Lipinski definition) is 4. The Morgan fingerprint density at radius 3 is 2.24 bits per heavy atom. The van der Waals surface area contributed by atoms with Crippen LogP contribution in [0, 0.1) is 17.1 Å². The highest BCUT2D eigenvalue weighted by atomic mass is 31.2. The molecule has 0 aliphatic carbocycles. The molecule has 6 atom stereocenters. The molecule has 1 fully saturated rings. The predicted molar refractivity (Wildman–Crippen MR) is 220 cm³/mol. The summed E-state index contributed by atoms with van der Waals surface area (Å²) in [4.78, 5) is 29.6. The Labute approximate surface area is 347 Å². The number of nitrogen functional groups attached to an aromatic ring is 1. The second-order valence-corrected chi connectivity index (χ2v) is 17.2. The van der Waals surface area contributed by atoms with Gasteiger partial charge in [-0.05, 0) is 49.2 Å². The number of hydrogen-bond acceptors (Lipinski definition) is 12. The fraction of sp³-hybridized carbons (Fsp3) is 0.667. The Morgan fingerprint density at radius 1 is 1.02 bits per heavy atom. The molecule has 1 aliphatic heterocycles. The average molecular weight is 847 g/mol. The maximum absolute atomic E-state index is 14.1. The van der Waals surface area contributed by atoms with Gasteiger partial charge in [0.25, 0.3) is 5.91 Å². The number of likely N-dealkylation sites (N-methyl/N-ethyl adjacent to an activating group) is 1. The number of aliphatic hydroxyl groups excluding tert-OH is 2. The van der Waals surface area contributed by atoms with Gasteiger partial charge in [0.15, 0.2) is 11.9 Å². The van der Waals surface area contributed by atoms with Gasteiger partial charge in [-0.1, -0.05) is 103 Å². The highest BCUT2D eigenvalue weighted by Crippen LogP contribution is 2.46. The number of phosphoric ester groups is 1. The fourth-order valence-electron chi connectivity index (χ4n) is 7.46. The van der Waals surface area contributed by atoms with E-state index in [1.165, 1.54) is 106 Å². The van der Waals surface area contributed by atoms with Crippen molar-refractivity contribution in [2.24, 2.45) is 0 Å². The number of fused-ring (bicyclic) bond motifs is 1. The predicted octanol–water partition coefficient (Wildman–Crippen LogP) is 7.10. The molecule has 328 valence electrons. The molecule has 15 nitrogen and oxygen atoms in total. The summed E-state index contributed by atoms with van der Waals surface area (Å²) in [5.41, 5.74) is 5.57. The Kier molecular flexibility index (Phi) is 19.6. The second-order valence-electron chi connectivity index (χ2n) is 15.7. The topological polar surface area (TPSA) is 215 Å². The number of rotatable bonds is 28. The van der Waals surface area contributed by atoms with Crippen LogP contribution in [-0.4, -0.2) is 91.7 Å². The van der Waals surface area contributed by atoms with E-state index in [1.54, 1.807) is 19.2 Å². The van der Waals surface area contributed by atoms with Gasteiger partial charge in [-0.25, -0.2) is 18.5 Å². The van der Waals surface area contributed by atoms with Crippen LogP contribution in [0.2, 0.25) is 0 Å². The Bertz CT molecular complexity index is 1850. The van der Waals surface area contributed by atoms with Crippen molar-refractivity contribution in [3.63, 3.8) is 0 Å². The molecule has 1 aliphatic rings. The number of nitriles is 1. The molecular formula is C42H64FN6O9P. The summed E-state index contributed by atoms with van der Waals surface area (Å²) < 4.78 is 50.9. The van der Waals surface area contributed by atoms with Crippen molar-refractivity contribution in [3.05, 3.63) is 59.3 Å². The summed E-state index contributed by atoms with van der Waals surface area (Å²) in [5.74, 6) is -0.993. The van der Waals surface area contributed by atoms with Crippen molar-refractivity contribution in [1.82, 2.24) is 19.5 Å². The number of aliphatic hydroxyl groups is 2. The Hall–Kier alpha value is -3.52. The zero-order valence-electron chi connectivity index (χ0n) is 34.8. The van der Waals surface area contributed by atoms with E-state index in [0.29, 0.717) is 17.8 Å². The van der Waals surface area contributed by atoms with Gasteiger partial charge in [0.1, 0.15) is 41.6 Å². The average Bonchev–Trinajstić information content (AvgIpc) is 3.76. The largest absolute Gasteiger partial charge is 0.472 e. The van der Waals surface area contributed by atoms with Gasteiger partial charge in [-0.2, -0.15) is 10.4 Å². The van der Waals surface area contributed by atoms with Gasteiger partial charge in [0.2, 0.25) is 0 Å². The number of carbonyl (C=O) groups excluding carboxylic acids is 1. The lowest BCUT2D eigenvalue weighted by molar-refractivity contribution is -0.145. The Balaban J connectivity index is 1.24. The smallest absolute Gasteiger partial charge is 0.387 e. The molecule has 1 unspecified atom stereocenters. The lowest BCUT2D eigenvalue weighted by Crippen LogP contribution is -2.41. The van der Waals surface area contributed by atoms with Gasteiger partial charge in [0, 0.05) is 13.6 Å². The number of amides is 1. The van der Waals surface area contributed by atoms with Crippen LogP contribution in [0.25, 0.3) is 5.52 Å². The molecule has 0 spiro atoms. The first-order valence-electron chi connectivity index (χ1n) is 21.1. The van der Waals surface area contributed by atoms with E-state index < -0.39 is 62.8 Å². The summed E-state index contributed by atoms with van der Waals surface area (Å²) in [6, 6.07) is 8.76. The van der Waals surface area contributed by atoms with Crippen LogP contribution in [0.1, 0.15) is 133 Å². The van der Waals surface area contributed by atoms with Gasteiger partial charge in [-0.3, -0.25) is 13.8 Å². The van der Waals surface area contributed by atoms with Gasteiger partial charge >= 0.3 is 7.82 Å². The molecule has 0 radical (unpaired) electrons. The minimum atomic E-state index is -4.90. The minimum absolute atomic E-state index is 0.0664. The van der Waals surface area contributed by atoms with Crippen molar-refractivity contribution in [2.45, 2.75) is 153 Å². The van der Waals surface area contributed by atoms with Gasteiger partial charge in [0.05, 0.1) is 37.1 Å². The van der Waals surface area contributed by atoms with Crippen LogP contribution in [0.4, 0.5) is 10.2 Å². The monoisotopic (exact) mass is 846 g/mol. The molecule has 59 heavy (non-hydrogen) atoms. The zero-order chi connectivity index (χ0) is 42.8. The normalized spacial score (nSPS) is 20.7. The third-order valence-electron chi connectivity index (χ3n) is 11.0. The molecule has 0 bridgehead atoms. The highest BCUT2D eigenvalue weighted by Gasteiger charge is 2.54. The van der Waals surface area contributed by atoms with Gasteiger partial charge < -0.3 is 35.2 Å². The number of ether oxygens (including phenoxy) is 2. The third-order valence-corrected chi connectivity index (χ3v) is 11.9. The first-order chi connectivity index (χ1) is 28.3. The maximum atomic E-state index is 14.1. The van der Waals surface area contributed by atoms with Crippen molar-refractivity contribution in [1.29, 1.82) is 5.26 Å². The van der Waals surface area contributed by atoms with Crippen molar-refractivity contribution in [3.8, 4) is 6.07 Å². The van der Waals surface area contributed by atoms with Crippen LogP contribution >= 0.6 is 7.82 Å². The third kappa shape index (κ3) is 14.6. The molecule has 17 heteroatoms. The van der Waals surface area contributed by atoms with Crippen molar-refractivity contribution >= 4 is 25.1 Å². The molecule has 0 saturated carbocycles. The molecule has 1 amide bonds. The lowest BCUT2D eigenvalue weighted by atomic mass is 9.93. The van der Waals surface area contributed by atoms with E-state index in [4.69, 9.17) is 24.3 Å². The molecule has 3 aromatic rings. The summed E-state index contributed by atoms with van der Waals surface area (Å²) in [6.45, 7) is 2.52. The number of anilines is 1. The number of nitrogens with zero attached hydrogens (tertiary/aromatic N) is 5. The molecule has 1 aromatic carbocycles. The van der Waals surface area contributed by atoms with Crippen molar-refractivity contribution < 1.29 is 47.4 Å². The van der Waals surface area contributed by atoms with E-state index in [1.807, 2.05) is 6.07 Å². The number of nitrogens with two attached hydrogens (primary N) is 1. The molecular weight excluding hydrogens is 782 g/mol. The summed E-state index contributed by atoms with van der Waals surface area (Å²) in [7, 11) is -3.30. The first kappa shape index (κ1) is 48.1. The van der Waals surface area contributed by atoms with E-state index in [0.717, 1.165) is 37.8 Å². The lowest BCUT2D eigenvalue weighted by Gasteiger charge is -2.27. The molecule has 5 N–H and O–H groups in total. The van der Waals surface area contributed by atoms with Crippen LogP contribution < -0.4 is 5.73 Å². The standard InChI is InChI=1S/C42H64FN6O9P/c1-4-5-6-7-8-9-10-11-12-13-14-15-16-17-18-19-22-48(3)41(52)36(55-27-32-23-31(26-44)24-33(43)25-32)29-57-59(53,54)56-28-35-38(50)39(51)42(2,58-35)37-21-20-34-40(45)46-30-47-49(34)37/h20-21,23-25,30,35-36,38-39,50-51H,4-19,22,27-29H2,1-3H3,(H,53,54)(H2,45,46,47)/t35-,36+,38-,39-,42+/m1/s1. The van der Waals surface area contributed by atoms with Crippen molar-refractivity contribution in [2.75, 3.05) is 32.5 Å². The van der Waals surface area contributed by atoms with Crippen LogP contribution in [0.3, 0.4) is 0 Å². The number of unbranched alkanes of at least 4 members (excludes halogenated alkanes) is 15. The van der Waals surface area contributed by atoms with E-state index in [2.05, 4.69) is 17.0 Å². The summed E-state index contributed by atoms with van der Waals surface area (Å²) >= 11 is 0. The quantitative estimate of drug-likeness (QED) is 0.0425. The first-order valence-corrected chi connectivity index (χ1v) is 22.6. The maximum Gasteiger partial charge on any atom is 0.472 e. The molecule has 2 aromatic heterocycles. The van der Waals surface area contributed by atoms with Gasteiger partial charge in [-0.15, -0.1) is 0 Å². The number of benzene rings is 1. The molecule has 4 rings (SSSR count). The van der Waals surface area contributed by atoms with Crippen LogP contribution in [-0.2, 0) is 40.1 Å².